The summed E-state index contributed by atoms with van der Waals surface area (Å²) in [6, 6.07) is 11.4. The number of hydrogen-bond acceptors (Lipinski definition) is 5. The fourth-order valence-electron chi connectivity index (χ4n) is 3.07. The van der Waals surface area contributed by atoms with Crippen molar-refractivity contribution >= 4 is 34.7 Å². The molecule has 0 unspecified atom stereocenters. The highest BCUT2D eigenvalue weighted by atomic mass is 35.5. The number of nitrogens with two attached hydrogens (primary N) is 1. The summed E-state index contributed by atoms with van der Waals surface area (Å²) in [7, 11) is 0. The van der Waals surface area contributed by atoms with Crippen LogP contribution in [0, 0.1) is 16.0 Å². The highest BCUT2D eigenvalue weighted by Crippen LogP contribution is 2.33. The Morgan fingerprint density at radius 2 is 2.04 bits per heavy atom. The van der Waals surface area contributed by atoms with Crippen molar-refractivity contribution in [3.8, 4) is 0 Å². The number of nitrogens with zero attached hydrogens (tertiary/aromatic N) is 2. The van der Waals surface area contributed by atoms with Gasteiger partial charge in [0, 0.05) is 30.5 Å². The number of nitro groups is 1. The number of likely N-dealkylation sites (tertiary alicyclic amines) is 1. The summed E-state index contributed by atoms with van der Waals surface area (Å²) in [5.74, 6) is 0.250. The summed E-state index contributed by atoms with van der Waals surface area (Å²) >= 11 is 0.977. The molecule has 0 bridgehead atoms. The Morgan fingerprint density at radius 3 is 2.62 bits per heavy atom. The molecule has 1 amide bonds. The molecular formula is C16H18ClN3O3S. The van der Waals surface area contributed by atoms with Gasteiger partial charge in [0.2, 0.25) is 0 Å². The molecule has 128 valence electrons. The van der Waals surface area contributed by atoms with E-state index < -0.39 is 4.92 Å². The third-order valence-electron chi connectivity index (χ3n) is 4.27. The number of rotatable bonds is 4. The van der Waals surface area contributed by atoms with Crippen LogP contribution in [0.1, 0.15) is 21.8 Å². The minimum Gasteiger partial charge on any atom is -0.338 e. The number of benzene rings is 1. The van der Waals surface area contributed by atoms with Crippen LogP contribution in [0.5, 0.6) is 0 Å². The molecule has 0 aliphatic carbocycles. The average molecular weight is 368 g/mol. The summed E-state index contributed by atoms with van der Waals surface area (Å²) in [4.78, 5) is 24.6. The second-order valence-electron chi connectivity index (χ2n) is 5.65. The Morgan fingerprint density at radius 1 is 1.33 bits per heavy atom. The molecule has 3 rings (SSSR count). The molecule has 2 atom stereocenters. The molecule has 1 fully saturated rings. The van der Waals surface area contributed by atoms with Crippen molar-refractivity contribution in [2.75, 3.05) is 19.6 Å². The van der Waals surface area contributed by atoms with Crippen LogP contribution in [0.4, 0.5) is 5.00 Å². The number of thiophene rings is 1. The Bertz CT molecular complexity index is 722. The number of carbonyl (C=O) groups excluding carboxylic acids is 1. The molecule has 2 heterocycles. The third-order valence-corrected chi connectivity index (χ3v) is 5.15. The number of hydrogen-bond donors (Lipinski definition) is 1. The Kier molecular flexibility index (Phi) is 5.93. The maximum atomic E-state index is 12.6. The van der Waals surface area contributed by atoms with Gasteiger partial charge >= 0.3 is 5.00 Å². The van der Waals surface area contributed by atoms with Crippen LogP contribution in [0.25, 0.3) is 0 Å². The van der Waals surface area contributed by atoms with Crippen LogP contribution >= 0.6 is 23.7 Å². The fourth-order valence-corrected chi connectivity index (χ4v) is 3.77. The maximum absolute atomic E-state index is 12.6. The van der Waals surface area contributed by atoms with Crippen molar-refractivity contribution in [2.45, 2.75) is 5.92 Å². The highest BCUT2D eigenvalue weighted by molar-refractivity contribution is 7.13. The van der Waals surface area contributed by atoms with Gasteiger partial charge in [-0.3, -0.25) is 14.9 Å². The Hall–Kier alpha value is -1.96. The lowest BCUT2D eigenvalue weighted by Crippen LogP contribution is -2.29. The molecule has 1 aliphatic rings. The van der Waals surface area contributed by atoms with Crippen LogP contribution in [-0.2, 0) is 0 Å². The van der Waals surface area contributed by atoms with Crippen LogP contribution in [0.15, 0.2) is 41.8 Å². The summed E-state index contributed by atoms with van der Waals surface area (Å²) in [5.41, 5.74) is 7.44. The van der Waals surface area contributed by atoms with E-state index in [-0.39, 0.29) is 35.2 Å². The first-order valence-electron chi connectivity index (χ1n) is 7.37. The minimum atomic E-state index is -0.471. The zero-order chi connectivity index (χ0) is 16.4. The lowest BCUT2D eigenvalue weighted by atomic mass is 9.89. The summed E-state index contributed by atoms with van der Waals surface area (Å²) in [6.07, 6.45) is 0. The molecule has 2 N–H and O–H groups in total. The molecule has 0 spiro atoms. The van der Waals surface area contributed by atoms with Crippen LogP contribution in [-0.4, -0.2) is 35.4 Å². The zero-order valence-corrected chi connectivity index (χ0v) is 14.5. The number of halogens is 1. The van der Waals surface area contributed by atoms with Gasteiger partial charge in [-0.25, -0.2) is 0 Å². The minimum absolute atomic E-state index is 0. The van der Waals surface area contributed by atoms with Crippen LogP contribution in [0.3, 0.4) is 0 Å². The molecular weight excluding hydrogens is 350 g/mol. The molecule has 1 aliphatic heterocycles. The standard InChI is InChI=1S/C16H17N3O3S.ClH/c17-7-13-8-18(9-14(13)11-4-2-1-3-5-11)16(20)12-6-15(19(21)22)23-10-12;/h1-6,10,13-14H,7-9,17H2;1H/t13-,14+;/m1./s1. The first-order chi connectivity index (χ1) is 11.1. The van der Waals surface area contributed by atoms with E-state index in [9.17, 15) is 14.9 Å². The van der Waals surface area contributed by atoms with Crippen molar-refractivity contribution < 1.29 is 9.72 Å². The van der Waals surface area contributed by atoms with Gasteiger partial charge in [0.05, 0.1) is 10.5 Å². The zero-order valence-electron chi connectivity index (χ0n) is 12.8. The molecule has 1 aromatic heterocycles. The van der Waals surface area contributed by atoms with Gasteiger partial charge < -0.3 is 10.6 Å². The molecule has 1 saturated heterocycles. The van der Waals surface area contributed by atoms with Gasteiger partial charge in [-0.2, -0.15) is 0 Å². The van der Waals surface area contributed by atoms with Gasteiger partial charge in [0.1, 0.15) is 0 Å². The van der Waals surface area contributed by atoms with Crippen molar-refractivity contribution in [1.82, 2.24) is 4.90 Å². The monoisotopic (exact) mass is 367 g/mol. The van der Waals surface area contributed by atoms with Crippen molar-refractivity contribution in [3.05, 3.63) is 63.0 Å². The third kappa shape index (κ3) is 3.58. The first-order valence-corrected chi connectivity index (χ1v) is 8.25. The quantitative estimate of drug-likeness (QED) is 0.664. The maximum Gasteiger partial charge on any atom is 0.324 e. The van der Waals surface area contributed by atoms with Gasteiger partial charge in [-0.05, 0) is 18.0 Å². The predicted octanol–water partition coefficient (Wildman–Crippen LogP) is 2.89. The van der Waals surface area contributed by atoms with Gasteiger partial charge in [0.15, 0.2) is 0 Å². The van der Waals surface area contributed by atoms with E-state index in [1.54, 1.807) is 10.3 Å². The number of amides is 1. The van der Waals surface area contributed by atoms with Crippen LogP contribution < -0.4 is 5.73 Å². The molecule has 0 saturated carbocycles. The van der Waals surface area contributed by atoms with Gasteiger partial charge in [0.25, 0.3) is 5.91 Å². The molecule has 8 heteroatoms. The van der Waals surface area contributed by atoms with Crippen molar-refractivity contribution in [2.24, 2.45) is 11.7 Å². The largest absolute Gasteiger partial charge is 0.338 e. The molecule has 1 aromatic carbocycles. The Balaban J connectivity index is 0.00000208. The predicted molar refractivity (Wildman–Crippen MR) is 95.9 cm³/mol. The van der Waals surface area contributed by atoms with E-state index in [1.807, 2.05) is 18.2 Å². The van der Waals surface area contributed by atoms with Crippen LogP contribution in [0.2, 0.25) is 0 Å². The van der Waals surface area contributed by atoms with E-state index >= 15 is 0 Å². The second-order valence-corrected chi connectivity index (χ2v) is 6.54. The second kappa shape index (κ2) is 7.74. The normalized spacial score (nSPS) is 19.8. The van der Waals surface area contributed by atoms with Crippen molar-refractivity contribution in [3.63, 3.8) is 0 Å². The number of carbonyl (C=O) groups is 1. The Labute approximate surface area is 149 Å². The summed E-state index contributed by atoms with van der Waals surface area (Å²) < 4.78 is 0. The molecule has 2 aromatic rings. The first kappa shape index (κ1) is 18.4. The average Bonchev–Trinajstić information content (AvgIpc) is 3.22. The van der Waals surface area contributed by atoms with Gasteiger partial charge in [-0.15, -0.1) is 12.4 Å². The SMILES string of the molecule is Cl.NC[C@@H]1CN(C(=O)c2csc([N+](=O)[O-])c2)C[C@H]1c1ccccc1. The van der Waals surface area contributed by atoms with Gasteiger partial charge in [-0.1, -0.05) is 41.7 Å². The van der Waals surface area contributed by atoms with Crippen molar-refractivity contribution in [1.29, 1.82) is 0 Å². The molecule has 0 radical (unpaired) electrons. The lowest BCUT2D eigenvalue weighted by molar-refractivity contribution is -0.380. The lowest BCUT2D eigenvalue weighted by Gasteiger charge is -2.16. The summed E-state index contributed by atoms with van der Waals surface area (Å²) in [5, 5.41) is 12.3. The fraction of sp³-hybridized carbons (Fsp3) is 0.312. The van der Waals surface area contributed by atoms with E-state index in [1.165, 1.54) is 11.6 Å². The van der Waals surface area contributed by atoms with E-state index in [0.717, 1.165) is 11.3 Å². The van der Waals surface area contributed by atoms with E-state index in [2.05, 4.69) is 12.1 Å². The smallest absolute Gasteiger partial charge is 0.324 e. The molecule has 6 nitrogen and oxygen atoms in total. The topological polar surface area (TPSA) is 89.5 Å². The molecule has 24 heavy (non-hydrogen) atoms. The summed E-state index contributed by atoms with van der Waals surface area (Å²) in [6.45, 7) is 1.68. The highest BCUT2D eigenvalue weighted by Gasteiger charge is 2.36. The van der Waals surface area contributed by atoms with E-state index in [0.29, 0.717) is 25.2 Å². The van der Waals surface area contributed by atoms with E-state index in [4.69, 9.17) is 5.73 Å².